The summed E-state index contributed by atoms with van der Waals surface area (Å²) in [5.74, 6) is 0.168. The minimum Gasteiger partial charge on any atom is -0.457 e. The molecule has 0 fully saturated rings. The molecule has 1 aromatic heterocycles. The number of H-pyrrole nitrogens is 1. The van der Waals surface area contributed by atoms with E-state index in [1.165, 1.54) is 0 Å². The van der Waals surface area contributed by atoms with Crippen molar-refractivity contribution in [1.82, 2.24) is 4.98 Å². The van der Waals surface area contributed by atoms with Gasteiger partial charge < -0.3 is 20.4 Å². The predicted molar refractivity (Wildman–Crippen MR) is 109 cm³/mol. The van der Waals surface area contributed by atoms with Crippen LogP contribution in [-0.2, 0) is 6.18 Å². The van der Waals surface area contributed by atoms with E-state index >= 15 is 0 Å². The molecule has 1 heterocycles. The number of carbonyl (C=O) groups is 1. The number of aromatic amines is 1. The zero-order valence-electron chi connectivity index (χ0n) is 15.8. The van der Waals surface area contributed by atoms with E-state index in [1.807, 2.05) is 30.5 Å². The van der Waals surface area contributed by atoms with Gasteiger partial charge in [-0.05, 0) is 66.7 Å². The van der Waals surface area contributed by atoms with Gasteiger partial charge >= 0.3 is 12.2 Å². The number of anilines is 2. The summed E-state index contributed by atoms with van der Waals surface area (Å²) >= 11 is 0. The van der Waals surface area contributed by atoms with Crippen molar-refractivity contribution in [3.8, 4) is 11.5 Å². The highest BCUT2D eigenvalue weighted by Crippen LogP contribution is 2.32. The Morgan fingerprint density at radius 1 is 0.871 bits per heavy atom. The number of fused-ring (bicyclic) bond motifs is 1. The lowest BCUT2D eigenvalue weighted by Gasteiger charge is -2.12. The molecule has 4 aromatic rings. The van der Waals surface area contributed by atoms with Crippen LogP contribution in [0, 0.1) is 5.82 Å². The average molecular weight is 429 g/mol. The third-order valence-electron chi connectivity index (χ3n) is 4.41. The van der Waals surface area contributed by atoms with Crippen LogP contribution in [-0.4, -0.2) is 11.0 Å². The smallest absolute Gasteiger partial charge is 0.416 e. The minimum absolute atomic E-state index is 0.346. The first-order valence-corrected chi connectivity index (χ1v) is 9.08. The van der Waals surface area contributed by atoms with Crippen molar-refractivity contribution in [2.75, 3.05) is 10.6 Å². The van der Waals surface area contributed by atoms with Crippen molar-refractivity contribution in [2.24, 2.45) is 0 Å². The molecule has 9 heteroatoms. The highest BCUT2D eigenvalue weighted by Gasteiger charge is 2.31. The molecule has 0 saturated carbocycles. The number of halogens is 4. The van der Waals surface area contributed by atoms with Crippen molar-refractivity contribution >= 4 is 28.3 Å². The number of urea groups is 1. The molecule has 5 nitrogen and oxygen atoms in total. The summed E-state index contributed by atoms with van der Waals surface area (Å²) in [4.78, 5) is 15.2. The van der Waals surface area contributed by atoms with Crippen LogP contribution >= 0.6 is 0 Å². The number of benzene rings is 3. The lowest BCUT2D eigenvalue weighted by atomic mass is 10.2. The normalized spacial score (nSPS) is 11.4. The fraction of sp³-hybridized carbons (Fsp3) is 0.0455. The zero-order chi connectivity index (χ0) is 22.0. The summed E-state index contributed by atoms with van der Waals surface area (Å²) in [7, 11) is 0. The van der Waals surface area contributed by atoms with Crippen LogP contribution in [0.1, 0.15) is 5.56 Å². The van der Waals surface area contributed by atoms with E-state index in [0.717, 1.165) is 10.9 Å². The minimum atomic E-state index is -4.65. The zero-order valence-corrected chi connectivity index (χ0v) is 15.8. The van der Waals surface area contributed by atoms with E-state index in [9.17, 15) is 22.4 Å². The van der Waals surface area contributed by atoms with E-state index in [-0.39, 0.29) is 0 Å². The molecule has 0 spiro atoms. The van der Waals surface area contributed by atoms with E-state index in [2.05, 4.69) is 15.6 Å². The van der Waals surface area contributed by atoms with Crippen molar-refractivity contribution in [2.45, 2.75) is 6.18 Å². The SMILES string of the molecule is O=C(Nc1ccc(Oc2ccc3[nH]ccc3c2)cc1)Nc1cc(C(F)(F)F)ccc1F. The topological polar surface area (TPSA) is 66.1 Å². The van der Waals surface area contributed by atoms with Crippen LogP contribution in [0.2, 0.25) is 0 Å². The lowest BCUT2D eigenvalue weighted by molar-refractivity contribution is -0.137. The molecule has 31 heavy (non-hydrogen) atoms. The maximum atomic E-state index is 13.8. The predicted octanol–water partition coefficient (Wildman–Crippen LogP) is 6.76. The number of carbonyl (C=O) groups excluding carboxylic acids is 1. The number of alkyl halides is 3. The van der Waals surface area contributed by atoms with Crippen LogP contribution in [0.15, 0.2) is 72.9 Å². The summed E-state index contributed by atoms with van der Waals surface area (Å²) in [6, 6.07) is 14.7. The Hall–Kier alpha value is -4.01. The van der Waals surface area contributed by atoms with Gasteiger partial charge in [-0.25, -0.2) is 9.18 Å². The van der Waals surface area contributed by atoms with Gasteiger partial charge in [-0.3, -0.25) is 0 Å². The third-order valence-corrected chi connectivity index (χ3v) is 4.41. The molecule has 3 aromatic carbocycles. The van der Waals surface area contributed by atoms with E-state index in [1.54, 1.807) is 24.3 Å². The molecule has 2 amide bonds. The molecular weight excluding hydrogens is 414 g/mol. The molecule has 158 valence electrons. The second-order valence-corrected chi connectivity index (χ2v) is 6.62. The van der Waals surface area contributed by atoms with Crippen LogP contribution in [0.25, 0.3) is 10.9 Å². The second-order valence-electron chi connectivity index (χ2n) is 6.62. The van der Waals surface area contributed by atoms with Gasteiger partial charge in [0.1, 0.15) is 17.3 Å². The van der Waals surface area contributed by atoms with Gasteiger partial charge in [0.15, 0.2) is 0 Å². The Bertz CT molecular complexity index is 1230. The molecule has 0 bridgehead atoms. The van der Waals surface area contributed by atoms with Gasteiger partial charge in [0.05, 0.1) is 11.3 Å². The fourth-order valence-electron chi connectivity index (χ4n) is 2.92. The van der Waals surface area contributed by atoms with E-state index in [4.69, 9.17) is 4.74 Å². The molecule has 0 saturated heterocycles. The Kier molecular flexibility index (Phi) is 5.24. The Morgan fingerprint density at radius 3 is 2.35 bits per heavy atom. The van der Waals surface area contributed by atoms with Crippen molar-refractivity contribution in [1.29, 1.82) is 0 Å². The molecule has 0 aliphatic heterocycles. The number of hydrogen-bond donors (Lipinski definition) is 3. The molecule has 3 N–H and O–H groups in total. The number of amides is 2. The lowest BCUT2D eigenvalue weighted by Crippen LogP contribution is -2.20. The standard InChI is InChI=1S/C22H15F4N3O2/c23-18-7-1-14(22(24,25)26)12-20(18)29-21(30)28-15-2-4-16(5-3-15)31-17-6-8-19-13(11-17)9-10-27-19/h1-12,27H,(H2,28,29,30). The van der Waals surface area contributed by atoms with Gasteiger partial charge in [-0.15, -0.1) is 0 Å². The molecule has 0 aliphatic rings. The number of ether oxygens (including phenoxy) is 1. The van der Waals surface area contributed by atoms with Gasteiger partial charge in [-0.2, -0.15) is 13.2 Å². The van der Waals surface area contributed by atoms with Crippen molar-refractivity contribution in [3.63, 3.8) is 0 Å². The maximum absolute atomic E-state index is 13.8. The quantitative estimate of drug-likeness (QED) is 0.314. The summed E-state index contributed by atoms with van der Waals surface area (Å²) < 4.78 is 57.9. The monoisotopic (exact) mass is 429 g/mol. The molecule has 4 rings (SSSR count). The summed E-state index contributed by atoms with van der Waals surface area (Å²) in [5.41, 5.74) is -0.315. The van der Waals surface area contributed by atoms with E-state index < -0.39 is 29.3 Å². The molecular formula is C22H15F4N3O2. The molecule has 0 atom stereocenters. The number of nitrogens with one attached hydrogen (secondary N) is 3. The number of aromatic nitrogens is 1. The average Bonchev–Trinajstić information content (AvgIpc) is 3.18. The maximum Gasteiger partial charge on any atom is 0.416 e. The Morgan fingerprint density at radius 2 is 1.61 bits per heavy atom. The number of rotatable bonds is 4. The molecule has 0 aliphatic carbocycles. The number of hydrogen-bond acceptors (Lipinski definition) is 2. The first kappa shape index (κ1) is 20.3. The van der Waals surface area contributed by atoms with Gasteiger partial charge in [-0.1, -0.05) is 0 Å². The Balaban J connectivity index is 1.40. The van der Waals surface area contributed by atoms with Crippen molar-refractivity contribution in [3.05, 3.63) is 84.3 Å². The first-order valence-electron chi connectivity index (χ1n) is 9.08. The first-order chi connectivity index (χ1) is 14.8. The third kappa shape index (κ3) is 4.77. The molecule has 0 unspecified atom stereocenters. The summed E-state index contributed by atoms with van der Waals surface area (Å²) in [6.07, 6.45) is -2.83. The van der Waals surface area contributed by atoms with Crippen molar-refractivity contribution < 1.29 is 27.1 Å². The highest BCUT2D eigenvalue weighted by atomic mass is 19.4. The van der Waals surface area contributed by atoms with Gasteiger partial charge in [0, 0.05) is 22.8 Å². The summed E-state index contributed by atoms with van der Waals surface area (Å²) in [6.45, 7) is 0. The molecule has 0 radical (unpaired) electrons. The fourth-order valence-corrected chi connectivity index (χ4v) is 2.92. The van der Waals surface area contributed by atoms with Crippen LogP contribution in [0.3, 0.4) is 0 Å². The van der Waals surface area contributed by atoms with Crippen LogP contribution in [0.5, 0.6) is 11.5 Å². The highest BCUT2D eigenvalue weighted by molar-refractivity contribution is 5.99. The van der Waals surface area contributed by atoms with Gasteiger partial charge in [0.25, 0.3) is 0 Å². The van der Waals surface area contributed by atoms with Crippen LogP contribution in [0.4, 0.5) is 33.7 Å². The van der Waals surface area contributed by atoms with Gasteiger partial charge in [0.2, 0.25) is 0 Å². The second kappa shape index (κ2) is 8.02. The van der Waals surface area contributed by atoms with Crippen LogP contribution < -0.4 is 15.4 Å². The largest absolute Gasteiger partial charge is 0.457 e. The summed E-state index contributed by atoms with van der Waals surface area (Å²) in [5, 5.41) is 5.51. The Labute approximate surface area is 173 Å². The van der Waals surface area contributed by atoms with E-state index in [0.29, 0.717) is 35.4 Å².